The highest BCUT2D eigenvalue weighted by atomic mass is 19.4. The van der Waals surface area contributed by atoms with Crippen LogP contribution in [-0.4, -0.2) is 12.3 Å². The summed E-state index contributed by atoms with van der Waals surface area (Å²) in [6.45, 7) is -2.95. The van der Waals surface area contributed by atoms with E-state index >= 15 is 0 Å². The van der Waals surface area contributed by atoms with Gasteiger partial charge in [0, 0.05) is 6.42 Å². The molecule has 164 valence electrons. The molecular weight excluding hydrogens is 429 g/mol. The molecule has 3 aromatic rings. The number of ether oxygens (including phenoxy) is 1. The van der Waals surface area contributed by atoms with E-state index < -0.39 is 18.4 Å². The van der Waals surface area contributed by atoms with Crippen LogP contribution < -0.4 is 10.2 Å². The number of hydrogen-bond acceptors (Lipinski definition) is 4. The number of benzene rings is 3. The second-order valence-electron chi connectivity index (χ2n) is 6.64. The van der Waals surface area contributed by atoms with Crippen molar-refractivity contribution in [2.75, 3.05) is 5.43 Å². The highest BCUT2D eigenvalue weighted by Crippen LogP contribution is 2.30. The number of nitriles is 1. The van der Waals surface area contributed by atoms with Crippen LogP contribution in [0.4, 0.5) is 27.6 Å². The Balaban J connectivity index is 1.90. The van der Waals surface area contributed by atoms with E-state index in [4.69, 9.17) is 5.26 Å². The van der Waals surface area contributed by atoms with Crippen molar-refractivity contribution >= 4 is 11.4 Å². The maximum Gasteiger partial charge on any atom is 0.416 e. The molecule has 0 amide bonds. The molecule has 0 atom stereocenters. The lowest BCUT2D eigenvalue weighted by Crippen LogP contribution is -2.11. The SMILES string of the molecule is N#Cc1ccc(C/C(=N/Nc2ccc(OC(F)F)cc2)c2cccc(C(F)(F)F)c2)cc1. The van der Waals surface area contributed by atoms with Gasteiger partial charge in [-0.1, -0.05) is 24.3 Å². The zero-order chi connectivity index (χ0) is 23.1. The summed E-state index contributed by atoms with van der Waals surface area (Å²) in [5, 5.41) is 13.2. The molecule has 0 aliphatic rings. The first-order chi connectivity index (χ1) is 15.2. The second kappa shape index (κ2) is 9.92. The Morgan fingerprint density at radius 3 is 2.28 bits per heavy atom. The lowest BCUT2D eigenvalue weighted by atomic mass is 9.99. The molecule has 0 bridgehead atoms. The van der Waals surface area contributed by atoms with Gasteiger partial charge in [-0.25, -0.2) is 0 Å². The van der Waals surface area contributed by atoms with Gasteiger partial charge in [-0.3, -0.25) is 5.43 Å². The highest BCUT2D eigenvalue weighted by molar-refractivity contribution is 6.02. The zero-order valence-electron chi connectivity index (χ0n) is 16.4. The van der Waals surface area contributed by atoms with Gasteiger partial charge in [0.25, 0.3) is 0 Å². The molecular formula is C23H16F5N3O. The molecule has 0 aromatic heterocycles. The molecule has 0 saturated carbocycles. The van der Waals surface area contributed by atoms with Gasteiger partial charge in [0.05, 0.1) is 28.6 Å². The van der Waals surface area contributed by atoms with Crippen LogP contribution in [0, 0.1) is 11.3 Å². The molecule has 0 fully saturated rings. The van der Waals surface area contributed by atoms with Crippen molar-refractivity contribution in [2.24, 2.45) is 5.10 Å². The van der Waals surface area contributed by atoms with E-state index in [1.165, 1.54) is 36.4 Å². The van der Waals surface area contributed by atoms with Gasteiger partial charge in [0.1, 0.15) is 5.75 Å². The topological polar surface area (TPSA) is 57.4 Å². The van der Waals surface area contributed by atoms with Crippen LogP contribution in [-0.2, 0) is 12.6 Å². The molecule has 32 heavy (non-hydrogen) atoms. The Morgan fingerprint density at radius 1 is 1.00 bits per heavy atom. The summed E-state index contributed by atoms with van der Waals surface area (Å²) in [6.07, 6.45) is -4.32. The average Bonchev–Trinajstić information content (AvgIpc) is 2.77. The zero-order valence-corrected chi connectivity index (χ0v) is 16.4. The fraction of sp³-hybridized carbons (Fsp3) is 0.130. The number of anilines is 1. The van der Waals surface area contributed by atoms with E-state index in [1.54, 1.807) is 24.3 Å². The van der Waals surface area contributed by atoms with Crippen LogP contribution in [0.1, 0.15) is 22.3 Å². The van der Waals surface area contributed by atoms with E-state index in [1.807, 2.05) is 6.07 Å². The molecule has 0 unspecified atom stereocenters. The van der Waals surface area contributed by atoms with Crippen LogP contribution in [0.3, 0.4) is 0 Å². The summed E-state index contributed by atoms with van der Waals surface area (Å²) in [7, 11) is 0. The minimum absolute atomic E-state index is 0.0368. The number of rotatable bonds is 7. The molecule has 1 N–H and O–H groups in total. The fourth-order valence-corrected chi connectivity index (χ4v) is 2.81. The number of halogens is 5. The first-order valence-electron chi connectivity index (χ1n) is 9.29. The van der Waals surface area contributed by atoms with E-state index in [0.717, 1.165) is 17.7 Å². The summed E-state index contributed by atoms with van der Waals surface area (Å²) >= 11 is 0. The molecule has 3 rings (SSSR count). The molecule has 0 aliphatic carbocycles. The summed E-state index contributed by atoms with van der Waals surface area (Å²) in [6, 6.07) is 18.9. The largest absolute Gasteiger partial charge is 0.435 e. The third-order valence-corrected chi connectivity index (χ3v) is 4.38. The normalized spacial score (nSPS) is 11.8. The Hall–Kier alpha value is -3.93. The molecule has 0 aliphatic heterocycles. The van der Waals surface area contributed by atoms with Crippen molar-refractivity contribution in [3.63, 3.8) is 0 Å². The predicted molar refractivity (Wildman–Crippen MR) is 110 cm³/mol. The first kappa shape index (κ1) is 22.7. The van der Waals surface area contributed by atoms with Crippen molar-refractivity contribution in [1.82, 2.24) is 0 Å². The van der Waals surface area contributed by atoms with Gasteiger partial charge in [-0.2, -0.15) is 32.3 Å². The molecule has 3 aromatic carbocycles. The van der Waals surface area contributed by atoms with E-state index in [0.29, 0.717) is 17.0 Å². The van der Waals surface area contributed by atoms with E-state index in [-0.39, 0.29) is 17.7 Å². The Labute approximate surface area is 180 Å². The van der Waals surface area contributed by atoms with Gasteiger partial charge in [0.2, 0.25) is 0 Å². The van der Waals surface area contributed by atoms with Crippen LogP contribution in [0.5, 0.6) is 5.75 Å². The minimum atomic E-state index is -4.51. The number of alkyl halides is 5. The van der Waals surface area contributed by atoms with Crippen LogP contribution in [0.15, 0.2) is 77.9 Å². The van der Waals surface area contributed by atoms with Crippen molar-refractivity contribution in [3.8, 4) is 11.8 Å². The third kappa shape index (κ3) is 6.28. The average molecular weight is 445 g/mol. The molecule has 0 spiro atoms. The lowest BCUT2D eigenvalue weighted by Gasteiger charge is -2.12. The van der Waals surface area contributed by atoms with E-state index in [2.05, 4.69) is 15.3 Å². The second-order valence-corrected chi connectivity index (χ2v) is 6.64. The predicted octanol–water partition coefficient (Wildman–Crippen LogP) is 6.24. The van der Waals surface area contributed by atoms with Crippen LogP contribution in [0.2, 0.25) is 0 Å². The van der Waals surface area contributed by atoms with Crippen LogP contribution in [0.25, 0.3) is 0 Å². The summed E-state index contributed by atoms with van der Waals surface area (Å²) in [4.78, 5) is 0. The van der Waals surface area contributed by atoms with E-state index in [9.17, 15) is 22.0 Å². The summed E-state index contributed by atoms with van der Waals surface area (Å²) in [5.41, 5.74) is 4.12. The van der Waals surface area contributed by atoms with Crippen molar-refractivity contribution < 1.29 is 26.7 Å². The number of hydrogen-bond donors (Lipinski definition) is 1. The van der Waals surface area contributed by atoms with Crippen molar-refractivity contribution in [1.29, 1.82) is 5.26 Å². The summed E-state index contributed by atoms with van der Waals surface area (Å²) in [5.74, 6) is -0.0368. The molecule has 4 nitrogen and oxygen atoms in total. The maximum atomic E-state index is 13.2. The van der Waals surface area contributed by atoms with Gasteiger partial charge in [0.15, 0.2) is 0 Å². The lowest BCUT2D eigenvalue weighted by molar-refractivity contribution is -0.137. The first-order valence-corrected chi connectivity index (χ1v) is 9.29. The third-order valence-electron chi connectivity index (χ3n) is 4.38. The molecule has 0 radical (unpaired) electrons. The van der Waals surface area contributed by atoms with Crippen molar-refractivity contribution in [2.45, 2.75) is 19.2 Å². The van der Waals surface area contributed by atoms with Crippen molar-refractivity contribution in [3.05, 3.63) is 95.1 Å². The Morgan fingerprint density at radius 2 is 1.69 bits per heavy atom. The number of hydrazone groups is 1. The number of nitrogens with one attached hydrogen (secondary N) is 1. The Kier molecular flexibility index (Phi) is 7.05. The molecule has 9 heteroatoms. The number of nitrogens with zero attached hydrogens (tertiary/aromatic N) is 2. The smallest absolute Gasteiger partial charge is 0.416 e. The fourth-order valence-electron chi connectivity index (χ4n) is 2.81. The molecule has 0 saturated heterocycles. The summed E-state index contributed by atoms with van der Waals surface area (Å²) < 4.78 is 68.3. The highest BCUT2D eigenvalue weighted by Gasteiger charge is 2.30. The van der Waals surface area contributed by atoms with Gasteiger partial charge in [-0.05, 0) is 59.7 Å². The minimum Gasteiger partial charge on any atom is -0.435 e. The Bertz CT molecular complexity index is 1120. The monoisotopic (exact) mass is 445 g/mol. The quantitative estimate of drug-likeness (QED) is 0.266. The van der Waals surface area contributed by atoms with Gasteiger partial charge >= 0.3 is 12.8 Å². The standard InChI is InChI=1S/C23H16F5N3O/c24-22(25)32-20-10-8-19(9-11-20)30-31-21(12-15-4-6-16(14-29)7-5-15)17-2-1-3-18(13-17)23(26,27)28/h1-11,13,22,30H,12H2/b31-21-. The maximum absolute atomic E-state index is 13.2. The van der Waals surface area contributed by atoms with Gasteiger partial charge < -0.3 is 4.74 Å². The molecule has 0 heterocycles. The van der Waals surface area contributed by atoms with Crippen LogP contribution >= 0.6 is 0 Å². The van der Waals surface area contributed by atoms with Gasteiger partial charge in [-0.15, -0.1) is 0 Å².